The van der Waals surface area contributed by atoms with E-state index in [2.05, 4.69) is 33.8 Å². The molecular formula is C29H37N7O4S. The molecule has 0 aliphatic carbocycles. The Bertz CT molecular complexity index is 1660. The lowest BCUT2D eigenvalue weighted by Crippen LogP contribution is -2.48. The SMILES string of the molecule is CCCOc1ccc(S(=O)(=O)N2CCN(CC)CC2)cc1-c1nc2c(CCC)n(Cc3ccncc3)nc2c(=O)[nH]1. The molecule has 1 aliphatic rings. The Balaban J connectivity index is 1.60. The van der Waals surface area contributed by atoms with Crippen molar-refractivity contribution in [1.29, 1.82) is 0 Å². The van der Waals surface area contributed by atoms with E-state index in [4.69, 9.17) is 9.72 Å². The smallest absolute Gasteiger partial charge is 0.279 e. The van der Waals surface area contributed by atoms with Gasteiger partial charge in [-0.1, -0.05) is 27.2 Å². The van der Waals surface area contributed by atoms with Gasteiger partial charge < -0.3 is 14.6 Å². The summed E-state index contributed by atoms with van der Waals surface area (Å²) in [6.07, 6.45) is 5.74. The first-order valence-electron chi connectivity index (χ1n) is 14.2. The highest BCUT2D eigenvalue weighted by Crippen LogP contribution is 2.32. The molecule has 0 spiro atoms. The van der Waals surface area contributed by atoms with Crippen LogP contribution in [0.15, 0.2) is 52.4 Å². The van der Waals surface area contributed by atoms with Gasteiger partial charge in [-0.05, 0) is 55.3 Å². The van der Waals surface area contributed by atoms with Crippen molar-refractivity contribution in [2.75, 3.05) is 39.3 Å². The van der Waals surface area contributed by atoms with Gasteiger partial charge in [-0.2, -0.15) is 9.40 Å². The molecule has 11 nitrogen and oxygen atoms in total. The van der Waals surface area contributed by atoms with Crippen LogP contribution in [0.2, 0.25) is 0 Å². The van der Waals surface area contributed by atoms with Gasteiger partial charge in [0.15, 0.2) is 5.52 Å². The standard InChI is InChI=1S/C29H37N7O4S/c1-4-7-24-26-27(33-36(24)20-21-10-12-30-13-11-21)29(37)32-28(31-26)23-19-22(8-9-25(23)40-18-5-2)41(38,39)35-16-14-34(6-3)15-17-35/h8-13,19H,4-7,14-18,20H2,1-3H3,(H,31,32,37). The monoisotopic (exact) mass is 579 g/mol. The van der Waals surface area contributed by atoms with Crippen LogP contribution < -0.4 is 10.3 Å². The minimum atomic E-state index is -3.75. The molecule has 1 aromatic carbocycles. The predicted octanol–water partition coefficient (Wildman–Crippen LogP) is 3.30. The average Bonchev–Trinajstić information content (AvgIpc) is 3.33. The number of nitrogens with one attached hydrogen (secondary N) is 1. The van der Waals surface area contributed by atoms with Gasteiger partial charge in [0, 0.05) is 38.6 Å². The molecule has 4 heterocycles. The van der Waals surface area contributed by atoms with Crippen LogP contribution in [0.5, 0.6) is 5.75 Å². The molecule has 1 saturated heterocycles. The molecule has 0 bridgehead atoms. The number of sulfonamides is 1. The molecule has 5 rings (SSSR count). The second kappa shape index (κ2) is 12.5. The van der Waals surface area contributed by atoms with Crippen molar-refractivity contribution in [3.63, 3.8) is 0 Å². The number of pyridine rings is 1. The second-order valence-electron chi connectivity index (χ2n) is 10.2. The van der Waals surface area contributed by atoms with Crippen molar-refractivity contribution in [2.24, 2.45) is 0 Å². The quantitative estimate of drug-likeness (QED) is 0.287. The summed E-state index contributed by atoms with van der Waals surface area (Å²) >= 11 is 0. The van der Waals surface area contributed by atoms with Crippen molar-refractivity contribution in [3.8, 4) is 17.1 Å². The summed E-state index contributed by atoms with van der Waals surface area (Å²) in [5.41, 5.74) is 2.65. The number of nitrogens with zero attached hydrogens (tertiary/aromatic N) is 6. The second-order valence-corrected chi connectivity index (χ2v) is 12.1. The Morgan fingerprint density at radius 3 is 2.41 bits per heavy atom. The summed E-state index contributed by atoms with van der Waals surface area (Å²) in [7, 11) is -3.75. The molecule has 41 heavy (non-hydrogen) atoms. The van der Waals surface area contributed by atoms with Crippen LogP contribution in [0.4, 0.5) is 0 Å². The Labute approximate surface area is 240 Å². The van der Waals surface area contributed by atoms with Crippen LogP contribution in [-0.2, 0) is 23.0 Å². The first kappa shape index (κ1) is 28.9. The summed E-state index contributed by atoms with van der Waals surface area (Å²) < 4.78 is 36.6. The van der Waals surface area contributed by atoms with Gasteiger partial charge in [-0.25, -0.2) is 13.4 Å². The molecular weight excluding hydrogens is 542 g/mol. The molecule has 1 fully saturated rings. The Kier molecular flexibility index (Phi) is 8.81. The van der Waals surface area contributed by atoms with E-state index in [1.54, 1.807) is 30.6 Å². The minimum absolute atomic E-state index is 0.145. The van der Waals surface area contributed by atoms with Gasteiger partial charge in [0.05, 0.1) is 29.3 Å². The zero-order valence-electron chi connectivity index (χ0n) is 23.8. The summed E-state index contributed by atoms with van der Waals surface area (Å²) in [4.78, 5) is 27.5. The highest BCUT2D eigenvalue weighted by molar-refractivity contribution is 7.89. The summed E-state index contributed by atoms with van der Waals surface area (Å²) in [5, 5.41) is 4.62. The lowest BCUT2D eigenvalue weighted by Gasteiger charge is -2.33. The zero-order chi connectivity index (χ0) is 29.0. The number of H-pyrrole nitrogens is 1. The number of likely N-dealkylation sites (N-methyl/N-ethyl adjacent to an activating group) is 1. The highest BCUT2D eigenvalue weighted by Gasteiger charge is 2.29. The van der Waals surface area contributed by atoms with E-state index in [0.717, 1.165) is 30.6 Å². The number of aromatic amines is 1. The maximum absolute atomic E-state index is 13.6. The van der Waals surface area contributed by atoms with Gasteiger partial charge in [0.25, 0.3) is 5.56 Å². The highest BCUT2D eigenvalue weighted by atomic mass is 32.2. The Morgan fingerprint density at radius 1 is 0.976 bits per heavy atom. The molecule has 1 N–H and O–H groups in total. The van der Waals surface area contributed by atoms with E-state index in [0.29, 0.717) is 62.6 Å². The van der Waals surface area contributed by atoms with Crippen LogP contribution in [0, 0.1) is 0 Å². The maximum Gasteiger partial charge on any atom is 0.279 e. The van der Waals surface area contributed by atoms with Gasteiger partial charge in [-0.15, -0.1) is 0 Å². The number of aryl methyl sites for hydroxylation is 1. The van der Waals surface area contributed by atoms with Gasteiger partial charge in [0.1, 0.15) is 17.1 Å². The third-order valence-corrected chi connectivity index (χ3v) is 9.25. The maximum atomic E-state index is 13.6. The van der Waals surface area contributed by atoms with E-state index in [-0.39, 0.29) is 21.8 Å². The van der Waals surface area contributed by atoms with Crippen molar-refractivity contribution in [2.45, 2.75) is 51.5 Å². The van der Waals surface area contributed by atoms with Gasteiger partial charge in [0.2, 0.25) is 10.0 Å². The van der Waals surface area contributed by atoms with E-state index in [1.165, 1.54) is 4.31 Å². The molecule has 4 aromatic rings. The van der Waals surface area contributed by atoms with E-state index in [9.17, 15) is 13.2 Å². The zero-order valence-corrected chi connectivity index (χ0v) is 24.7. The summed E-state index contributed by atoms with van der Waals surface area (Å²) in [6, 6.07) is 8.62. The third-order valence-electron chi connectivity index (χ3n) is 7.35. The summed E-state index contributed by atoms with van der Waals surface area (Å²) in [6.45, 7) is 10.2. The molecule has 0 atom stereocenters. The number of hydrogen-bond acceptors (Lipinski definition) is 8. The fraction of sp³-hybridized carbons (Fsp3) is 0.448. The minimum Gasteiger partial charge on any atom is -0.493 e. The van der Waals surface area contributed by atoms with Crippen molar-refractivity contribution >= 4 is 21.1 Å². The number of ether oxygens (including phenoxy) is 1. The lowest BCUT2D eigenvalue weighted by molar-refractivity contribution is 0.196. The topological polar surface area (TPSA) is 126 Å². The van der Waals surface area contributed by atoms with E-state index in [1.807, 2.05) is 23.7 Å². The average molecular weight is 580 g/mol. The largest absolute Gasteiger partial charge is 0.493 e. The Hall–Kier alpha value is -3.61. The predicted molar refractivity (Wildman–Crippen MR) is 158 cm³/mol. The van der Waals surface area contributed by atoms with Crippen LogP contribution in [0.1, 0.15) is 44.9 Å². The number of aromatic nitrogens is 5. The molecule has 12 heteroatoms. The molecule has 0 radical (unpaired) electrons. The van der Waals surface area contributed by atoms with Crippen molar-refractivity contribution < 1.29 is 13.2 Å². The van der Waals surface area contributed by atoms with Gasteiger partial charge >= 0.3 is 0 Å². The van der Waals surface area contributed by atoms with Gasteiger partial charge in [-0.3, -0.25) is 14.5 Å². The number of fused-ring (bicyclic) bond motifs is 1. The van der Waals surface area contributed by atoms with Crippen LogP contribution in [0.3, 0.4) is 0 Å². The molecule has 3 aromatic heterocycles. The molecule has 0 unspecified atom stereocenters. The van der Waals surface area contributed by atoms with Crippen molar-refractivity contribution in [3.05, 3.63) is 64.3 Å². The molecule has 218 valence electrons. The summed E-state index contributed by atoms with van der Waals surface area (Å²) in [5.74, 6) is 0.715. The normalized spacial score (nSPS) is 15.0. The molecule has 1 aliphatic heterocycles. The third kappa shape index (κ3) is 6.04. The lowest BCUT2D eigenvalue weighted by atomic mass is 10.1. The fourth-order valence-corrected chi connectivity index (χ4v) is 6.54. The van der Waals surface area contributed by atoms with E-state index < -0.39 is 10.0 Å². The number of piperazine rings is 1. The van der Waals surface area contributed by atoms with E-state index >= 15 is 0 Å². The first-order chi connectivity index (χ1) is 19.8. The number of hydrogen-bond donors (Lipinski definition) is 1. The first-order valence-corrected chi connectivity index (χ1v) is 15.7. The molecule has 0 amide bonds. The van der Waals surface area contributed by atoms with Crippen LogP contribution in [-0.4, -0.2) is 81.7 Å². The fourth-order valence-electron chi connectivity index (χ4n) is 5.10. The molecule has 0 saturated carbocycles. The Morgan fingerprint density at radius 2 is 1.73 bits per heavy atom. The van der Waals surface area contributed by atoms with Crippen LogP contribution in [0.25, 0.3) is 22.4 Å². The van der Waals surface area contributed by atoms with Crippen molar-refractivity contribution in [1.82, 2.24) is 33.9 Å². The van der Waals surface area contributed by atoms with Crippen LogP contribution >= 0.6 is 0 Å². The number of rotatable bonds is 11. The number of benzene rings is 1.